The summed E-state index contributed by atoms with van der Waals surface area (Å²) in [6, 6.07) is 3.99. The van der Waals surface area contributed by atoms with Gasteiger partial charge in [-0.05, 0) is 50.4 Å². The van der Waals surface area contributed by atoms with E-state index < -0.39 is 0 Å². The maximum atomic E-state index is 5.77. The third-order valence-corrected chi connectivity index (χ3v) is 4.90. The predicted octanol–water partition coefficient (Wildman–Crippen LogP) is 6.32. The van der Waals surface area contributed by atoms with Gasteiger partial charge in [0.15, 0.2) is 0 Å². The summed E-state index contributed by atoms with van der Waals surface area (Å²) < 4.78 is 8.78. The maximum Gasteiger partial charge on any atom is 0.135 e. The van der Waals surface area contributed by atoms with Crippen LogP contribution in [0.3, 0.4) is 0 Å². The van der Waals surface area contributed by atoms with Crippen LogP contribution in [0.5, 0.6) is 5.75 Å². The normalized spacial score (nSPS) is 10.6. The number of ether oxygens (including phenoxy) is 1. The van der Waals surface area contributed by atoms with E-state index >= 15 is 0 Å². The fourth-order valence-corrected chi connectivity index (χ4v) is 3.05. The summed E-state index contributed by atoms with van der Waals surface area (Å²) in [5.74, 6) is 0.891. The van der Waals surface area contributed by atoms with Gasteiger partial charge < -0.3 is 4.74 Å². The summed E-state index contributed by atoms with van der Waals surface area (Å²) in [6.45, 7) is 3.01. The molecule has 1 aromatic carbocycles. The van der Waals surface area contributed by atoms with Crippen molar-refractivity contribution in [2.45, 2.75) is 39.0 Å². The van der Waals surface area contributed by atoms with E-state index in [-0.39, 0.29) is 0 Å². The second-order valence-corrected chi connectivity index (χ2v) is 6.53. The van der Waals surface area contributed by atoms with Gasteiger partial charge in [0.25, 0.3) is 0 Å². The number of rotatable bonds is 7. The van der Waals surface area contributed by atoms with Gasteiger partial charge in [0.2, 0.25) is 0 Å². The van der Waals surface area contributed by atoms with Crippen LogP contribution >= 0.6 is 47.8 Å². The van der Waals surface area contributed by atoms with Crippen molar-refractivity contribution >= 4 is 47.8 Å². The Morgan fingerprint density at radius 3 is 2.41 bits per heavy atom. The molecule has 1 rings (SSSR count). The zero-order chi connectivity index (χ0) is 12.7. The van der Waals surface area contributed by atoms with Gasteiger partial charge in [0.05, 0.1) is 11.1 Å². The maximum absolute atomic E-state index is 5.77. The van der Waals surface area contributed by atoms with Crippen molar-refractivity contribution in [3.8, 4) is 5.75 Å². The van der Waals surface area contributed by atoms with Gasteiger partial charge in [-0.2, -0.15) is 0 Å². The minimum absolute atomic E-state index is 0.783. The molecule has 1 nitrogen and oxygen atoms in total. The summed E-state index contributed by atoms with van der Waals surface area (Å²) in [5, 5.41) is 0. The molecule has 0 N–H and O–H groups in total. The molecule has 0 heterocycles. The third kappa shape index (κ3) is 5.75. The molecule has 4 heteroatoms. The highest BCUT2D eigenvalue weighted by molar-refractivity contribution is 9.13. The van der Waals surface area contributed by atoms with Crippen molar-refractivity contribution in [1.82, 2.24) is 0 Å². The van der Waals surface area contributed by atoms with Crippen LogP contribution in [0.2, 0.25) is 0 Å². The van der Waals surface area contributed by atoms with E-state index in [9.17, 15) is 0 Å². The van der Waals surface area contributed by atoms with Crippen molar-refractivity contribution in [3.05, 3.63) is 25.6 Å². The Morgan fingerprint density at radius 1 is 1.00 bits per heavy atom. The summed E-state index contributed by atoms with van der Waals surface area (Å²) in [5.41, 5.74) is 0. The molecule has 0 aliphatic carbocycles. The molecule has 0 radical (unpaired) electrons. The Bertz CT molecular complexity index is 353. The Kier molecular flexibility index (Phi) is 7.80. The second kappa shape index (κ2) is 8.54. The van der Waals surface area contributed by atoms with Gasteiger partial charge in [-0.3, -0.25) is 0 Å². The quantitative estimate of drug-likeness (QED) is 0.364. The van der Waals surface area contributed by atoms with Gasteiger partial charge in [-0.1, -0.05) is 48.5 Å². The van der Waals surface area contributed by atoms with E-state index in [0.29, 0.717) is 0 Å². The molecule has 0 aliphatic heterocycles. The second-order valence-electron chi connectivity index (χ2n) is 3.96. The van der Waals surface area contributed by atoms with E-state index in [2.05, 4.69) is 54.7 Å². The van der Waals surface area contributed by atoms with Crippen LogP contribution in [0.25, 0.3) is 0 Å². The van der Waals surface area contributed by atoms with Crippen molar-refractivity contribution in [2.75, 3.05) is 6.61 Å². The lowest BCUT2D eigenvalue weighted by Crippen LogP contribution is -1.98. The fourth-order valence-electron chi connectivity index (χ4n) is 1.53. The topological polar surface area (TPSA) is 9.23 Å². The zero-order valence-corrected chi connectivity index (χ0v) is 14.7. The molecule has 0 saturated carbocycles. The number of benzene rings is 1. The summed E-state index contributed by atoms with van der Waals surface area (Å²) in [6.07, 6.45) is 6.29. The number of halogens is 3. The molecular formula is C13H17Br3O. The fraction of sp³-hybridized carbons (Fsp3) is 0.538. The van der Waals surface area contributed by atoms with Crippen LogP contribution in [-0.2, 0) is 0 Å². The van der Waals surface area contributed by atoms with Crippen LogP contribution in [-0.4, -0.2) is 6.61 Å². The lowest BCUT2D eigenvalue weighted by atomic mass is 10.2. The average Bonchev–Trinajstić information content (AvgIpc) is 2.29. The Hall–Kier alpha value is 0.460. The molecule has 17 heavy (non-hydrogen) atoms. The minimum Gasteiger partial charge on any atom is -0.492 e. The van der Waals surface area contributed by atoms with Gasteiger partial charge in [0.1, 0.15) is 5.75 Å². The molecule has 1 aromatic rings. The summed E-state index contributed by atoms with van der Waals surface area (Å²) >= 11 is 10.5. The van der Waals surface area contributed by atoms with Crippen LogP contribution < -0.4 is 4.74 Å². The van der Waals surface area contributed by atoms with Crippen LogP contribution in [0.1, 0.15) is 39.0 Å². The van der Waals surface area contributed by atoms with Gasteiger partial charge in [-0.15, -0.1) is 0 Å². The first-order chi connectivity index (χ1) is 8.15. The highest BCUT2D eigenvalue weighted by Crippen LogP contribution is 2.35. The lowest BCUT2D eigenvalue weighted by Gasteiger charge is -2.10. The third-order valence-electron chi connectivity index (χ3n) is 2.47. The Labute approximate surface area is 129 Å². The van der Waals surface area contributed by atoms with E-state index in [1.807, 2.05) is 12.1 Å². The molecule has 0 bridgehead atoms. The minimum atomic E-state index is 0.783. The highest BCUT2D eigenvalue weighted by atomic mass is 79.9. The largest absolute Gasteiger partial charge is 0.492 e. The first-order valence-corrected chi connectivity index (χ1v) is 8.30. The van der Waals surface area contributed by atoms with Crippen molar-refractivity contribution < 1.29 is 4.74 Å². The molecule has 0 fully saturated rings. The molecule has 0 aromatic heterocycles. The smallest absolute Gasteiger partial charge is 0.135 e. The monoisotopic (exact) mass is 426 g/mol. The van der Waals surface area contributed by atoms with Crippen molar-refractivity contribution in [1.29, 1.82) is 0 Å². The van der Waals surface area contributed by atoms with Crippen molar-refractivity contribution in [2.24, 2.45) is 0 Å². The highest BCUT2D eigenvalue weighted by Gasteiger charge is 2.06. The molecule has 0 spiro atoms. The standard InChI is InChI=1S/C13H17Br3O/c1-2-3-4-5-6-7-17-12-9-10(14)8-11(15)13(12)16/h8-9H,2-7H2,1H3. The number of hydrogen-bond acceptors (Lipinski definition) is 1. The average molecular weight is 429 g/mol. The zero-order valence-electron chi connectivity index (χ0n) is 9.94. The molecule has 96 valence electrons. The number of hydrogen-bond donors (Lipinski definition) is 0. The molecule has 0 amide bonds. The first-order valence-electron chi connectivity index (χ1n) is 5.92. The van der Waals surface area contributed by atoms with Gasteiger partial charge >= 0.3 is 0 Å². The van der Waals surface area contributed by atoms with Crippen molar-refractivity contribution in [3.63, 3.8) is 0 Å². The van der Waals surface area contributed by atoms with Crippen LogP contribution in [0, 0.1) is 0 Å². The molecule has 0 saturated heterocycles. The molecule has 0 atom stereocenters. The summed E-state index contributed by atoms with van der Waals surface area (Å²) in [7, 11) is 0. The van der Waals surface area contributed by atoms with E-state index in [0.717, 1.165) is 32.2 Å². The Morgan fingerprint density at radius 2 is 1.71 bits per heavy atom. The van der Waals surface area contributed by atoms with E-state index in [1.54, 1.807) is 0 Å². The SMILES string of the molecule is CCCCCCCOc1cc(Br)cc(Br)c1Br. The van der Waals surface area contributed by atoms with Crippen LogP contribution in [0.4, 0.5) is 0 Å². The molecule has 0 aliphatic rings. The molecular weight excluding hydrogens is 412 g/mol. The van der Waals surface area contributed by atoms with Gasteiger partial charge in [-0.25, -0.2) is 0 Å². The first kappa shape index (κ1) is 15.5. The van der Waals surface area contributed by atoms with Crippen LogP contribution in [0.15, 0.2) is 25.6 Å². The molecule has 0 unspecified atom stereocenters. The van der Waals surface area contributed by atoms with E-state index in [1.165, 1.54) is 25.7 Å². The Balaban J connectivity index is 2.36. The van der Waals surface area contributed by atoms with E-state index in [4.69, 9.17) is 4.74 Å². The predicted molar refractivity (Wildman–Crippen MR) is 83.8 cm³/mol. The number of unbranched alkanes of at least 4 members (excludes halogenated alkanes) is 4. The lowest BCUT2D eigenvalue weighted by molar-refractivity contribution is 0.302. The van der Waals surface area contributed by atoms with Gasteiger partial charge in [0, 0.05) is 8.95 Å². The summed E-state index contributed by atoms with van der Waals surface area (Å²) in [4.78, 5) is 0.